The number of phosphoric acid groups is 2. The van der Waals surface area contributed by atoms with Crippen molar-refractivity contribution in [1.82, 2.24) is 9.55 Å². The molecule has 23 heteroatoms. The molecule has 3 heterocycles. The highest BCUT2D eigenvalue weighted by molar-refractivity contribution is 7.61. The molecule has 2 aliphatic rings. The number of esters is 2. The van der Waals surface area contributed by atoms with Crippen molar-refractivity contribution in [3.05, 3.63) is 47.1 Å². The Kier molecular flexibility index (Phi) is 32.9. The van der Waals surface area contributed by atoms with Gasteiger partial charge in [-0.05, 0) is 44.1 Å². The summed E-state index contributed by atoms with van der Waals surface area (Å²) in [6.07, 6.45) is 15.0. The van der Waals surface area contributed by atoms with Crippen LogP contribution in [0.3, 0.4) is 0 Å². The third-order valence-electron chi connectivity index (χ3n) is 14.1. The lowest BCUT2D eigenvalue weighted by Crippen LogP contribution is -2.52. The normalized spacial score (nSPS) is 30.2. The first-order valence-corrected chi connectivity index (χ1v) is 31.0. The standard InChI is InChI=1S/C53H93N3O18P2/c1-4-6-21-27-40(57)31-32-42-44(58)35-45(59)43-28-23-19-20-24-29-48(60)69-36-41(72-49(61)30-25-18-16-14-12-10-8-7-9-11-13-15-17-22-26-39(3)5-2)37-70-75(65,66)74-76(67,68)71-38-46(51(63)50(42)62)73-52(43)56-34-33-47(54)55-53(56)64/h19,23,31-34,39-46,50-52,57-59,62-63H,4-18,20-22,24-30,35-38H2,1-3H3,(H,65,66)(H,67,68)(H2,54,55,64)/b23-19-,32-31+/t39?,40-,41+,42-,43-,44+,45-,46+,50-,51+,52+/m0/s1. The number of allylic oxidation sites excluding steroid dienone is 2. The van der Waals surface area contributed by atoms with Crippen LogP contribution in [0.5, 0.6) is 0 Å². The van der Waals surface area contributed by atoms with E-state index in [2.05, 4.69) is 23.1 Å². The Hall–Kier alpha value is -2.88. The van der Waals surface area contributed by atoms with Crippen molar-refractivity contribution in [3.8, 4) is 0 Å². The number of carbonyl (C=O) groups excluding carboxylic acids is 2. The van der Waals surface area contributed by atoms with Gasteiger partial charge in [0.25, 0.3) is 0 Å². The maximum atomic E-state index is 13.4. The van der Waals surface area contributed by atoms with Gasteiger partial charge in [-0.25, -0.2) is 13.9 Å². The molecule has 1 saturated heterocycles. The third-order valence-corrected chi connectivity index (χ3v) is 16.7. The number of anilines is 1. The molecule has 3 unspecified atom stereocenters. The van der Waals surface area contributed by atoms with Crippen LogP contribution in [0.25, 0.3) is 0 Å². The summed E-state index contributed by atoms with van der Waals surface area (Å²) in [5.41, 5.74) is 4.79. The first kappa shape index (κ1) is 67.4. The Morgan fingerprint density at radius 2 is 1.43 bits per heavy atom. The van der Waals surface area contributed by atoms with Gasteiger partial charge in [-0.1, -0.05) is 161 Å². The summed E-state index contributed by atoms with van der Waals surface area (Å²) in [7, 11) is -11.3. The molecule has 9 N–H and O–H groups in total. The molecule has 0 spiro atoms. The minimum atomic E-state index is -5.71. The molecular formula is C53H93N3O18P2. The Bertz CT molecular complexity index is 2010. The van der Waals surface area contributed by atoms with Crippen LogP contribution >= 0.6 is 15.6 Å². The van der Waals surface area contributed by atoms with E-state index in [0.29, 0.717) is 25.7 Å². The number of unbranched alkanes of at least 4 members (excludes halogenated alkanes) is 15. The number of fused-ring (bicyclic) bond motifs is 3. The van der Waals surface area contributed by atoms with Crippen molar-refractivity contribution in [1.29, 1.82) is 0 Å². The van der Waals surface area contributed by atoms with E-state index in [4.69, 9.17) is 29.0 Å². The number of rotatable bonds is 26. The number of cyclic esters (lactones) is 1. The molecule has 0 radical (unpaired) electrons. The number of hydrogen-bond donors (Lipinski definition) is 8. The lowest BCUT2D eigenvalue weighted by atomic mass is 9.82. The fraction of sp³-hybridized carbons (Fsp3) is 0.811. The van der Waals surface area contributed by atoms with E-state index >= 15 is 0 Å². The number of aliphatic hydroxyl groups is 5. The minimum absolute atomic E-state index is 0.00434. The zero-order valence-electron chi connectivity index (χ0n) is 45.3. The van der Waals surface area contributed by atoms with Crippen LogP contribution in [-0.2, 0) is 46.3 Å². The highest BCUT2D eigenvalue weighted by Gasteiger charge is 2.45. The lowest BCUT2D eigenvalue weighted by Gasteiger charge is -2.40. The predicted molar refractivity (Wildman–Crippen MR) is 286 cm³/mol. The molecule has 2 bridgehead atoms. The zero-order valence-corrected chi connectivity index (χ0v) is 47.1. The van der Waals surface area contributed by atoms with Crippen molar-refractivity contribution in [3.63, 3.8) is 0 Å². The van der Waals surface area contributed by atoms with E-state index in [9.17, 15) is 58.8 Å². The fourth-order valence-corrected chi connectivity index (χ4v) is 11.4. The van der Waals surface area contributed by atoms with E-state index in [1.165, 1.54) is 95.0 Å². The molecular weight excluding hydrogens is 1030 g/mol. The maximum Gasteiger partial charge on any atom is 0.481 e. The summed E-state index contributed by atoms with van der Waals surface area (Å²) >= 11 is 0. The summed E-state index contributed by atoms with van der Waals surface area (Å²) in [6, 6.07) is 1.25. The summed E-state index contributed by atoms with van der Waals surface area (Å²) in [4.78, 5) is 64.4. The van der Waals surface area contributed by atoms with Gasteiger partial charge in [0.05, 0.1) is 37.6 Å². The monoisotopic (exact) mass is 1120 g/mol. The number of phosphoric ester groups is 2. The van der Waals surface area contributed by atoms with Gasteiger partial charge in [0.1, 0.15) is 30.9 Å². The van der Waals surface area contributed by atoms with Gasteiger partial charge in [0.2, 0.25) is 0 Å². The number of nitrogens with zero attached hydrogens (tertiary/aromatic N) is 2. The molecule has 438 valence electrons. The van der Waals surface area contributed by atoms with Crippen molar-refractivity contribution < 1.29 is 81.6 Å². The number of hydrogen-bond acceptors (Lipinski definition) is 18. The molecule has 2 aliphatic heterocycles. The fourth-order valence-electron chi connectivity index (χ4n) is 9.27. The molecule has 0 amide bonds. The average molecular weight is 1120 g/mol. The van der Waals surface area contributed by atoms with E-state index < -0.39 is 120 Å². The third kappa shape index (κ3) is 27.3. The topological polar surface area (TPSA) is 326 Å². The first-order chi connectivity index (χ1) is 36.3. The number of nitrogen functional groups attached to an aromatic ring is 1. The number of carbonyl (C=O) groups is 2. The first-order valence-electron chi connectivity index (χ1n) is 28.0. The van der Waals surface area contributed by atoms with E-state index in [0.717, 1.165) is 49.0 Å². The molecule has 1 aromatic rings. The molecule has 3 rings (SSSR count). The van der Waals surface area contributed by atoms with Gasteiger partial charge in [-0.15, -0.1) is 0 Å². The molecule has 0 aliphatic carbocycles. The molecule has 76 heavy (non-hydrogen) atoms. The average Bonchev–Trinajstić information content (AvgIpc) is 3.36. The second kappa shape index (κ2) is 37.1. The van der Waals surface area contributed by atoms with Gasteiger partial charge in [0, 0.05) is 37.3 Å². The number of aromatic nitrogens is 2. The smallest absolute Gasteiger partial charge is 0.462 e. The summed E-state index contributed by atoms with van der Waals surface area (Å²) in [5.74, 6) is -3.31. The number of nitrogens with two attached hydrogens (primary N) is 1. The minimum Gasteiger partial charge on any atom is -0.462 e. The van der Waals surface area contributed by atoms with Gasteiger partial charge in [-0.3, -0.25) is 23.2 Å². The SMILES string of the molecule is CCCCC[C@H](O)/C=C/[C@@H]1[C@H](O)[C@H](O)[C@H]2COP(=O)(O)OP(=O)(O)OC[C@H](OC(=O)CCCCCCCCCCCCCCCCC(C)CC)COC(=O)CCC/C=C\C[C@H]([C@H](n3ccc(N)nc3=O)O2)[C@@H](O)C[C@H]1O. The van der Waals surface area contributed by atoms with Crippen LogP contribution in [0.15, 0.2) is 41.4 Å². The highest BCUT2D eigenvalue weighted by Crippen LogP contribution is 2.60. The van der Waals surface area contributed by atoms with E-state index in [1.807, 2.05) is 6.92 Å². The van der Waals surface area contributed by atoms with Gasteiger partial charge in [0.15, 0.2) is 6.10 Å². The van der Waals surface area contributed by atoms with E-state index in [-0.39, 0.29) is 31.5 Å². The molecule has 1 fully saturated rings. The van der Waals surface area contributed by atoms with Crippen LogP contribution in [0.1, 0.15) is 194 Å². The Balaban J connectivity index is 1.72. The second-order valence-corrected chi connectivity index (χ2v) is 23.7. The van der Waals surface area contributed by atoms with Crippen LogP contribution in [0, 0.1) is 17.8 Å². The molecule has 13 atom stereocenters. The van der Waals surface area contributed by atoms with Crippen molar-refractivity contribution in [2.45, 2.75) is 237 Å². The van der Waals surface area contributed by atoms with Crippen molar-refractivity contribution in [2.75, 3.05) is 25.6 Å². The molecule has 1 aromatic heterocycles. The lowest BCUT2D eigenvalue weighted by molar-refractivity contribution is -0.194. The summed E-state index contributed by atoms with van der Waals surface area (Å²) < 4.78 is 59.2. The maximum absolute atomic E-state index is 13.4. The Morgan fingerprint density at radius 3 is 2.05 bits per heavy atom. The summed E-state index contributed by atoms with van der Waals surface area (Å²) in [6.45, 7) is 3.86. The van der Waals surface area contributed by atoms with Gasteiger partial charge >= 0.3 is 33.3 Å². The van der Waals surface area contributed by atoms with Crippen LogP contribution in [0.4, 0.5) is 5.82 Å². The summed E-state index contributed by atoms with van der Waals surface area (Å²) in [5, 5.41) is 57.5. The largest absolute Gasteiger partial charge is 0.481 e. The van der Waals surface area contributed by atoms with Crippen LogP contribution < -0.4 is 11.4 Å². The molecule has 0 saturated carbocycles. The van der Waals surface area contributed by atoms with Crippen LogP contribution in [0.2, 0.25) is 0 Å². The number of ether oxygens (including phenoxy) is 3. The molecule has 21 nitrogen and oxygen atoms in total. The highest BCUT2D eigenvalue weighted by atomic mass is 31.3. The van der Waals surface area contributed by atoms with E-state index in [1.54, 1.807) is 12.2 Å². The zero-order chi connectivity index (χ0) is 55.9. The van der Waals surface area contributed by atoms with Crippen molar-refractivity contribution >= 4 is 33.4 Å². The Morgan fingerprint density at radius 1 is 0.829 bits per heavy atom. The number of aliphatic hydroxyl groups excluding tert-OH is 5. The molecule has 0 aromatic carbocycles. The van der Waals surface area contributed by atoms with Crippen LogP contribution in [-0.4, -0.2) is 119 Å². The van der Waals surface area contributed by atoms with Gasteiger partial charge in [-0.2, -0.15) is 9.29 Å². The van der Waals surface area contributed by atoms with Gasteiger partial charge < -0.3 is 55.3 Å². The predicted octanol–water partition coefficient (Wildman–Crippen LogP) is 8.41. The van der Waals surface area contributed by atoms with Crippen molar-refractivity contribution in [2.24, 2.45) is 17.8 Å². The second-order valence-electron chi connectivity index (χ2n) is 20.7. The quantitative estimate of drug-likeness (QED) is 0.0187. The Labute approximate surface area is 450 Å².